The number of hydrogen-bond donors (Lipinski definition) is 0. The van der Waals surface area contributed by atoms with Gasteiger partial charge in [0.1, 0.15) is 0 Å². The van der Waals surface area contributed by atoms with E-state index in [0.717, 1.165) is 4.74 Å². The first-order chi connectivity index (χ1) is 9.56. The summed E-state index contributed by atoms with van der Waals surface area (Å²) in [4.78, 5) is 24.1. The fourth-order valence-corrected chi connectivity index (χ4v) is 2.28. The van der Waals surface area contributed by atoms with Gasteiger partial charge < -0.3 is 4.52 Å². The first-order valence-electron chi connectivity index (χ1n) is 5.68. The van der Waals surface area contributed by atoms with Crippen molar-refractivity contribution in [1.82, 2.24) is 4.74 Å². The Labute approximate surface area is 123 Å². The third-order valence-corrected chi connectivity index (χ3v) is 3.30. The highest BCUT2D eigenvalue weighted by Gasteiger charge is 2.17. The van der Waals surface area contributed by atoms with Crippen molar-refractivity contribution in [3.63, 3.8) is 0 Å². The van der Waals surface area contributed by atoms with E-state index in [0.29, 0.717) is 21.1 Å². The van der Waals surface area contributed by atoms with Gasteiger partial charge in [0.2, 0.25) is 0 Å². The molecule has 0 aliphatic carbocycles. The van der Waals surface area contributed by atoms with Crippen molar-refractivity contribution in [3.05, 3.63) is 68.5 Å². The predicted octanol–water partition coefficient (Wildman–Crippen LogP) is 3.59. The highest BCUT2D eigenvalue weighted by atomic mass is 35.5. The standard InChI is InChI=1S/C14H7Cl2NO3/c15-9-3-1-2-8(6-9)13(18)17-12-5-4-10(16)7-11(12)14(19)20-17/h1-7H. The lowest BCUT2D eigenvalue weighted by Crippen LogP contribution is -2.11. The van der Waals surface area contributed by atoms with Crippen LogP contribution in [-0.2, 0) is 0 Å². The summed E-state index contributed by atoms with van der Waals surface area (Å²) < 4.78 is 5.93. The number of nitrogens with zero attached hydrogens (tertiary/aromatic N) is 1. The minimum absolute atomic E-state index is 0.257. The molecule has 2 aromatic carbocycles. The topological polar surface area (TPSA) is 52.2 Å². The van der Waals surface area contributed by atoms with Crippen LogP contribution in [0, 0.1) is 0 Å². The third kappa shape index (κ3) is 2.13. The fraction of sp³-hybridized carbons (Fsp3) is 0. The van der Waals surface area contributed by atoms with E-state index in [1.165, 1.54) is 12.1 Å². The average Bonchev–Trinajstić information content (AvgIpc) is 2.75. The highest BCUT2D eigenvalue weighted by molar-refractivity contribution is 6.31. The normalized spacial score (nSPS) is 10.9. The van der Waals surface area contributed by atoms with E-state index in [1.54, 1.807) is 30.3 Å². The second-order valence-electron chi connectivity index (χ2n) is 4.15. The second-order valence-corrected chi connectivity index (χ2v) is 5.02. The van der Waals surface area contributed by atoms with Crippen LogP contribution >= 0.6 is 23.2 Å². The molecule has 3 rings (SSSR count). The van der Waals surface area contributed by atoms with E-state index >= 15 is 0 Å². The van der Waals surface area contributed by atoms with Crippen molar-refractivity contribution in [1.29, 1.82) is 0 Å². The van der Waals surface area contributed by atoms with Crippen LogP contribution in [0.15, 0.2) is 51.8 Å². The number of carbonyl (C=O) groups excluding carboxylic acids is 1. The zero-order valence-electron chi connectivity index (χ0n) is 9.97. The maximum atomic E-state index is 12.3. The van der Waals surface area contributed by atoms with E-state index in [-0.39, 0.29) is 5.39 Å². The van der Waals surface area contributed by atoms with Crippen LogP contribution in [0.1, 0.15) is 10.4 Å². The highest BCUT2D eigenvalue weighted by Crippen LogP contribution is 2.19. The molecule has 0 aliphatic rings. The lowest BCUT2D eigenvalue weighted by atomic mass is 10.2. The Balaban J connectivity index is 2.20. The van der Waals surface area contributed by atoms with Gasteiger partial charge >= 0.3 is 5.63 Å². The molecule has 0 fully saturated rings. The SMILES string of the molecule is O=C(c1cccc(Cl)c1)n1oc(=O)c2cc(Cl)ccc21. The summed E-state index contributed by atoms with van der Waals surface area (Å²) in [5.41, 5.74) is 0.0790. The number of rotatable bonds is 1. The quantitative estimate of drug-likeness (QED) is 0.690. The lowest BCUT2D eigenvalue weighted by Gasteiger charge is -2.02. The number of carbonyl (C=O) groups is 1. The Morgan fingerprint density at radius 2 is 1.80 bits per heavy atom. The molecule has 4 nitrogen and oxygen atoms in total. The maximum Gasteiger partial charge on any atom is 0.366 e. The lowest BCUT2D eigenvalue weighted by molar-refractivity contribution is 0.0850. The van der Waals surface area contributed by atoms with Crippen molar-refractivity contribution in [2.24, 2.45) is 0 Å². The maximum absolute atomic E-state index is 12.3. The van der Waals surface area contributed by atoms with E-state index in [1.807, 2.05) is 0 Å². The Kier molecular flexibility index (Phi) is 3.12. The molecule has 1 heterocycles. The summed E-state index contributed by atoms with van der Waals surface area (Å²) in [6.07, 6.45) is 0. The Morgan fingerprint density at radius 3 is 2.55 bits per heavy atom. The molecule has 0 unspecified atom stereocenters. The van der Waals surface area contributed by atoms with E-state index in [2.05, 4.69) is 0 Å². The molecule has 0 aliphatic heterocycles. The van der Waals surface area contributed by atoms with Gasteiger partial charge in [0.15, 0.2) is 0 Å². The van der Waals surface area contributed by atoms with Crippen LogP contribution in [-0.4, -0.2) is 10.6 Å². The first-order valence-corrected chi connectivity index (χ1v) is 6.44. The van der Waals surface area contributed by atoms with Crippen LogP contribution < -0.4 is 5.63 Å². The Bertz CT molecular complexity index is 880. The molecule has 0 N–H and O–H groups in total. The van der Waals surface area contributed by atoms with Gasteiger partial charge in [0.25, 0.3) is 5.91 Å². The molecule has 3 aromatic rings. The number of fused-ring (bicyclic) bond motifs is 1. The molecule has 0 spiro atoms. The number of aromatic nitrogens is 1. The van der Waals surface area contributed by atoms with Crippen LogP contribution in [0.5, 0.6) is 0 Å². The monoisotopic (exact) mass is 307 g/mol. The smallest absolute Gasteiger partial charge is 0.327 e. The summed E-state index contributed by atoms with van der Waals surface area (Å²) in [7, 11) is 0. The van der Waals surface area contributed by atoms with Gasteiger partial charge in [-0.1, -0.05) is 29.3 Å². The largest absolute Gasteiger partial charge is 0.366 e. The summed E-state index contributed by atoms with van der Waals surface area (Å²) in [5.74, 6) is -0.470. The van der Waals surface area contributed by atoms with Crippen molar-refractivity contribution in [3.8, 4) is 0 Å². The summed E-state index contributed by atoms with van der Waals surface area (Å²) in [6, 6.07) is 11.0. The van der Waals surface area contributed by atoms with Gasteiger partial charge in [-0.25, -0.2) is 4.79 Å². The molecular weight excluding hydrogens is 301 g/mol. The van der Waals surface area contributed by atoms with E-state index in [9.17, 15) is 9.59 Å². The predicted molar refractivity (Wildman–Crippen MR) is 76.7 cm³/mol. The second kappa shape index (κ2) is 4.81. The van der Waals surface area contributed by atoms with Gasteiger partial charge in [-0.15, -0.1) is 4.74 Å². The molecule has 0 amide bonds. The van der Waals surface area contributed by atoms with Gasteiger partial charge in [-0.2, -0.15) is 0 Å². The molecule has 0 bridgehead atoms. The fourth-order valence-electron chi connectivity index (χ4n) is 1.92. The minimum Gasteiger partial charge on any atom is -0.327 e. The number of benzene rings is 2. The van der Waals surface area contributed by atoms with Crippen molar-refractivity contribution in [2.75, 3.05) is 0 Å². The molecule has 6 heteroatoms. The molecule has 100 valence electrons. The number of halogens is 2. The summed E-state index contributed by atoms with van der Waals surface area (Å²) in [5, 5.41) is 1.09. The van der Waals surface area contributed by atoms with Crippen LogP contribution in [0.2, 0.25) is 10.0 Å². The van der Waals surface area contributed by atoms with Gasteiger partial charge in [-0.05, 0) is 36.4 Å². The third-order valence-electron chi connectivity index (χ3n) is 2.83. The van der Waals surface area contributed by atoms with Gasteiger partial charge in [0.05, 0.1) is 10.9 Å². The minimum atomic E-state index is -0.613. The van der Waals surface area contributed by atoms with Crippen LogP contribution in [0.25, 0.3) is 10.9 Å². The van der Waals surface area contributed by atoms with Gasteiger partial charge in [-0.3, -0.25) is 4.79 Å². The van der Waals surface area contributed by atoms with Crippen molar-refractivity contribution < 1.29 is 9.32 Å². The summed E-state index contributed by atoms with van der Waals surface area (Å²) in [6.45, 7) is 0. The molecule has 0 atom stereocenters. The zero-order chi connectivity index (χ0) is 14.3. The number of hydrogen-bond acceptors (Lipinski definition) is 3. The average molecular weight is 308 g/mol. The van der Waals surface area contributed by atoms with E-state index < -0.39 is 11.5 Å². The van der Waals surface area contributed by atoms with E-state index in [4.69, 9.17) is 27.7 Å². The van der Waals surface area contributed by atoms with Crippen LogP contribution in [0.4, 0.5) is 0 Å². The van der Waals surface area contributed by atoms with Gasteiger partial charge in [0, 0.05) is 15.6 Å². The molecule has 0 saturated heterocycles. The molecule has 0 radical (unpaired) electrons. The molecule has 20 heavy (non-hydrogen) atoms. The Hall–Kier alpha value is -2.04. The zero-order valence-corrected chi connectivity index (χ0v) is 11.5. The molecular formula is C14H7Cl2NO3. The van der Waals surface area contributed by atoms with Crippen molar-refractivity contribution >= 4 is 40.0 Å². The molecule has 1 aromatic heterocycles. The van der Waals surface area contributed by atoms with Crippen molar-refractivity contribution in [2.45, 2.75) is 0 Å². The Morgan fingerprint density at radius 1 is 1.05 bits per heavy atom. The first kappa shape index (κ1) is 13.0. The molecule has 0 saturated carbocycles. The van der Waals surface area contributed by atoms with Crippen LogP contribution in [0.3, 0.4) is 0 Å². The summed E-state index contributed by atoms with van der Waals surface area (Å²) >= 11 is 11.7.